The standard InChI is InChI=1S/C8H9BrN2O3S/c9-6-5(7(12)13)15-8(10-6)11-1-3-14-4-2-11/h1-4H2,(H,12,13). The first kappa shape index (κ1) is 10.8. The number of hydrogen-bond acceptors (Lipinski definition) is 5. The average molecular weight is 293 g/mol. The maximum atomic E-state index is 10.8. The highest BCUT2D eigenvalue weighted by molar-refractivity contribution is 9.10. The lowest BCUT2D eigenvalue weighted by molar-refractivity contribution is 0.0701. The van der Waals surface area contributed by atoms with Gasteiger partial charge in [0.15, 0.2) is 5.13 Å². The zero-order valence-corrected chi connectivity index (χ0v) is 10.2. The number of nitrogens with zero attached hydrogens (tertiary/aromatic N) is 2. The number of halogens is 1. The zero-order chi connectivity index (χ0) is 10.8. The summed E-state index contributed by atoms with van der Waals surface area (Å²) in [5.74, 6) is -0.945. The highest BCUT2D eigenvalue weighted by atomic mass is 79.9. The molecule has 82 valence electrons. The van der Waals surface area contributed by atoms with Gasteiger partial charge in [0, 0.05) is 13.1 Å². The van der Waals surface area contributed by atoms with Gasteiger partial charge in [-0.05, 0) is 15.9 Å². The number of thiazole rings is 1. The molecule has 0 spiro atoms. The van der Waals surface area contributed by atoms with E-state index >= 15 is 0 Å². The van der Waals surface area contributed by atoms with E-state index in [2.05, 4.69) is 20.9 Å². The van der Waals surface area contributed by atoms with Crippen LogP contribution in [-0.4, -0.2) is 42.4 Å². The van der Waals surface area contributed by atoms with Crippen molar-refractivity contribution < 1.29 is 14.6 Å². The molecular formula is C8H9BrN2O3S. The fourth-order valence-electron chi connectivity index (χ4n) is 1.31. The molecule has 0 atom stereocenters. The van der Waals surface area contributed by atoms with Gasteiger partial charge in [-0.1, -0.05) is 11.3 Å². The second-order valence-electron chi connectivity index (χ2n) is 3.02. The smallest absolute Gasteiger partial charge is 0.348 e. The Morgan fingerprint density at radius 2 is 2.20 bits per heavy atom. The first-order valence-electron chi connectivity index (χ1n) is 4.41. The van der Waals surface area contributed by atoms with Crippen molar-refractivity contribution in [3.05, 3.63) is 9.48 Å². The molecular weight excluding hydrogens is 284 g/mol. The van der Waals surface area contributed by atoms with E-state index in [1.807, 2.05) is 4.90 Å². The molecule has 0 saturated carbocycles. The maximum Gasteiger partial charge on any atom is 0.348 e. The van der Waals surface area contributed by atoms with E-state index in [9.17, 15) is 4.79 Å². The van der Waals surface area contributed by atoms with Gasteiger partial charge in [0.2, 0.25) is 0 Å². The summed E-state index contributed by atoms with van der Waals surface area (Å²) in [6.07, 6.45) is 0. The molecule has 1 aliphatic rings. The van der Waals surface area contributed by atoms with Crippen molar-refractivity contribution in [1.82, 2.24) is 4.98 Å². The Morgan fingerprint density at radius 3 is 2.73 bits per heavy atom. The van der Waals surface area contributed by atoms with Gasteiger partial charge in [0.05, 0.1) is 13.2 Å². The van der Waals surface area contributed by atoms with E-state index in [1.54, 1.807) is 0 Å². The molecule has 15 heavy (non-hydrogen) atoms. The van der Waals surface area contributed by atoms with Gasteiger partial charge in [-0.25, -0.2) is 9.78 Å². The second kappa shape index (κ2) is 4.46. The number of aromatic carboxylic acids is 1. The molecule has 0 radical (unpaired) electrons. The quantitative estimate of drug-likeness (QED) is 0.894. The lowest BCUT2D eigenvalue weighted by Gasteiger charge is -2.25. The first-order chi connectivity index (χ1) is 7.18. The molecule has 7 heteroatoms. The maximum absolute atomic E-state index is 10.8. The van der Waals surface area contributed by atoms with E-state index in [-0.39, 0.29) is 4.88 Å². The molecule has 2 rings (SSSR count). The lowest BCUT2D eigenvalue weighted by Crippen LogP contribution is -2.36. The number of anilines is 1. The summed E-state index contributed by atoms with van der Waals surface area (Å²) in [5, 5.41) is 9.61. The molecule has 1 fully saturated rings. The van der Waals surface area contributed by atoms with Gasteiger partial charge in [-0.15, -0.1) is 0 Å². The largest absolute Gasteiger partial charge is 0.477 e. The van der Waals surface area contributed by atoms with Crippen LogP contribution in [0.2, 0.25) is 0 Å². The number of carbonyl (C=O) groups is 1. The summed E-state index contributed by atoms with van der Waals surface area (Å²) >= 11 is 4.33. The average Bonchev–Trinajstić information content (AvgIpc) is 2.62. The summed E-state index contributed by atoms with van der Waals surface area (Å²) in [6, 6.07) is 0. The van der Waals surface area contributed by atoms with E-state index < -0.39 is 5.97 Å². The highest BCUT2D eigenvalue weighted by Crippen LogP contribution is 2.30. The van der Waals surface area contributed by atoms with Crippen LogP contribution in [0.3, 0.4) is 0 Å². The molecule has 0 aromatic carbocycles. The molecule has 0 aliphatic carbocycles. The van der Waals surface area contributed by atoms with Crippen molar-refractivity contribution in [3.63, 3.8) is 0 Å². The van der Waals surface area contributed by atoms with Crippen LogP contribution in [-0.2, 0) is 4.74 Å². The van der Waals surface area contributed by atoms with Crippen LogP contribution in [0.1, 0.15) is 9.67 Å². The predicted molar refractivity (Wildman–Crippen MR) is 59.8 cm³/mol. The number of ether oxygens (including phenoxy) is 1. The van der Waals surface area contributed by atoms with Crippen LogP contribution in [0, 0.1) is 0 Å². The minimum atomic E-state index is -0.945. The van der Waals surface area contributed by atoms with Crippen LogP contribution < -0.4 is 4.90 Å². The van der Waals surface area contributed by atoms with Crippen LogP contribution in [0.4, 0.5) is 5.13 Å². The zero-order valence-electron chi connectivity index (χ0n) is 7.77. The van der Waals surface area contributed by atoms with E-state index in [0.717, 1.165) is 18.2 Å². The van der Waals surface area contributed by atoms with Gasteiger partial charge in [-0.3, -0.25) is 0 Å². The van der Waals surface area contributed by atoms with Gasteiger partial charge in [0.1, 0.15) is 9.48 Å². The first-order valence-corrected chi connectivity index (χ1v) is 6.02. The molecule has 0 unspecified atom stereocenters. The fourth-order valence-corrected chi connectivity index (χ4v) is 2.86. The molecule has 0 bridgehead atoms. The van der Waals surface area contributed by atoms with Crippen molar-refractivity contribution >= 4 is 38.4 Å². The molecule has 2 heterocycles. The molecule has 1 aromatic heterocycles. The SMILES string of the molecule is O=C(O)c1sc(N2CCOCC2)nc1Br. The number of aromatic nitrogens is 1. The Morgan fingerprint density at radius 1 is 1.53 bits per heavy atom. The van der Waals surface area contributed by atoms with E-state index in [0.29, 0.717) is 17.8 Å². The van der Waals surface area contributed by atoms with Crippen LogP contribution in [0.5, 0.6) is 0 Å². The van der Waals surface area contributed by atoms with Gasteiger partial charge >= 0.3 is 5.97 Å². The minimum Gasteiger partial charge on any atom is -0.477 e. The number of carboxylic acid groups (broad SMARTS) is 1. The Hall–Kier alpha value is -0.660. The molecule has 1 saturated heterocycles. The van der Waals surface area contributed by atoms with E-state index in [1.165, 1.54) is 11.3 Å². The summed E-state index contributed by atoms with van der Waals surface area (Å²) in [7, 11) is 0. The summed E-state index contributed by atoms with van der Waals surface area (Å²) in [5.41, 5.74) is 0. The minimum absolute atomic E-state index is 0.247. The molecule has 1 aliphatic heterocycles. The summed E-state index contributed by atoms with van der Waals surface area (Å²) in [6.45, 7) is 2.86. The van der Waals surface area contributed by atoms with Gasteiger partial charge in [-0.2, -0.15) is 0 Å². The van der Waals surface area contributed by atoms with Crippen molar-refractivity contribution in [1.29, 1.82) is 0 Å². The molecule has 1 N–H and O–H groups in total. The highest BCUT2D eigenvalue weighted by Gasteiger charge is 2.20. The van der Waals surface area contributed by atoms with Crippen LogP contribution in [0.25, 0.3) is 0 Å². The third-order valence-corrected chi connectivity index (χ3v) is 3.99. The fraction of sp³-hybridized carbons (Fsp3) is 0.500. The lowest BCUT2D eigenvalue weighted by atomic mass is 10.5. The Kier molecular flexibility index (Phi) is 3.22. The number of carboxylic acids is 1. The second-order valence-corrected chi connectivity index (χ2v) is 4.75. The number of morpholine rings is 1. The van der Waals surface area contributed by atoms with Crippen LogP contribution >= 0.6 is 27.3 Å². The topological polar surface area (TPSA) is 62.7 Å². The van der Waals surface area contributed by atoms with Crippen molar-refractivity contribution in [2.45, 2.75) is 0 Å². The Labute approximate surface area is 98.8 Å². The van der Waals surface area contributed by atoms with Gasteiger partial charge in [0.25, 0.3) is 0 Å². The third kappa shape index (κ3) is 2.30. The summed E-state index contributed by atoms with van der Waals surface area (Å²) in [4.78, 5) is 17.3. The number of hydrogen-bond donors (Lipinski definition) is 1. The third-order valence-electron chi connectivity index (χ3n) is 2.05. The Balaban J connectivity index is 2.21. The molecule has 5 nitrogen and oxygen atoms in total. The monoisotopic (exact) mass is 292 g/mol. The molecule has 1 aromatic rings. The van der Waals surface area contributed by atoms with Crippen molar-refractivity contribution in [2.75, 3.05) is 31.2 Å². The van der Waals surface area contributed by atoms with E-state index in [4.69, 9.17) is 9.84 Å². The number of rotatable bonds is 2. The summed E-state index contributed by atoms with van der Waals surface area (Å²) < 4.78 is 5.62. The van der Waals surface area contributed by atoms with Gasteiger partial charge < -0.3 is 14.7 Å². The normalized spacial score (nSPS) is 16.7. The Bertz CT molecular complexity index is 376. The van der Waals surface area contributed by atoms with Crippen molar-refractivity contribution in [3.8, 4) is 0 Å². The van der Waals surface area contributed by atoms with Crippen LogP contribution in [0.15, 0.2) is 4.60 Å². The predicted octanol–water partition coefficient (Wildman–Crippen LogP) is 1.44. The van der Waals surface area contributed by atoms with Crippen molar-refractivity contribution in [2.24, 2.45) is 0 Å². The molecule has 0 amide bonds.